The smallest absolute Gasteiger partial charge is 0.414 e. The third kappa shape index (κ3) is 5.43. The summed E-state index contributed by atoms with van der Waals surface area (Å²) in [5.74, 6) is -0.719. The van der Waals surface area contributed by atoms with Crippen molar-refractivity contribution in [2.45, 2.75) is 62.9 Å². The molecule has 2 fully saturated rings. The molecule has 0 saturated carbocycles. The van der Waals surface area contributed by atoms with Crippen molar-refractivity contribution >= 4 is 31.8 Å². The highest BCUT2D eigenvalue weighted by Gasteiger charge is 2.66. The van der Waals surface area contributed by atoms with Crippen LogP contribution in [0.15, 0.2) is 85.1 Å². The number of carbonyl (C=O) groups excluding carboxylic acids is 2. The van der Waals surface area contributed by atoms with Crippen molar-refractivity contribution in [1.82, 2.24) is 15.0 Å². The van der Waals surface area contributed by atoms with E-state index in [0.29, 0.717) is 54.3 Å². The zero-order valence-electron chi connectivity index (χ0n) is 26.6. The van der Waals surface area contributed by atoms with E-state index in [2.05, 4.69) is 10.3 Å². The standard InChI is InChI=1S/C35H38FN5O5Si/c1-23-32(47(2,3)36)30(16-17-39-22-28(37-38-39)31(42)25-12-8-5-9-13-25)46-35(23)27-20-26(40-18-19-45-34(40)44)14-15-29(27)41(33(35)43)21-24-10-6-4-7-11-24/h4-15,20,22-23,30-32,42H,16-19,21H2,1-3H3/t23-,30+,31+,32-,35+/m0/s1. The van der Waals surface area contributed by atoms with E-state index < -0.39 is 43.8 Å². The van der Waals surface area contributed by atoms with E-state index in [4.69, 9.17) is 9.47 Å². The zero-order valence-corrected chi connectivity index (χ0v) is 27.6. The van der Waals surface area contributed by atoms with Gasteiger partial charge in [-0.3, -0.25) is 14.4 Å². The molecular formula is C35H38FN5O5Si. The van der Waals surface area contributed by atoms with Gasteiger partial charge in [-0.25, -0.2) is 4.79 Å². The van der Waals surface area contributed by atoms with Crippen LogP contribution in [-0.2, 0) is 33.0 Å². The molecule has 1 spiro atoms. The van der Waals surface area contributed by atoms with Gasteiger partial charge in [0.15, 0.2) is 5.60 Å². The molecule has 0 radical (unpaired) electrons. The van der Waals surface area contributed by atoms with Crippen molar-refractivity contribution in [3.63, 3.8) is 0 Å². The Kier molecular flexibility index (Phi) is 7.97. The second-order valence-corrected chi connectivity index (χ2v) is 16.9. The number of cyclic esters (lactones) is 1. The van der Waals surface area contributed by atoms with Crippen LogP contribution in [0.1, 0.15) is 41.8 Å². The third-order valence-corrected chi connectivity index (χ3v) is 12.3. The van der Waals surface area contributed by atoms with Crippen LogP contribution in [0, 0.1) is 5.92 Å². The summed E-state index contributed by atoms with van der Waals surface area (Å²) >= 11 is 0. The molecule has 5 atom stereocenters. The molecular weight excluding hydrogens is 617 g/mol. The molecule has 4 aromatic rings. The van der Waals surface area contributed by atoms with Gasteiger partial charge in [0.2, 0.25) is 8.41 Å². The number of rotatable bonds is 9. The number of hydrogen-bond acceptors (Lipinski definition) is 7. The lowest BCUT2D eigenvalue weighted by Gasteiger charge is -2.31. The van der Waals surface area contributed by atoms with Crippen LogP contribution < -0.4 is 9.80 Å². The summed E-state index contributed by atoms with van der Waals surface area (Å²) in [6.07, 6.45) is 0.129. The minimum atomic E-state index is -3.40. The first kappa shape index (κ1) is 31.2. The molecule has 10 nitrogen and oxygen atoms in total. The molecule has 1 aromatic heterocycles. The number of anilines is 2. The van der Waals surface area contributed by atoms with Crippen molar-refractivity contribution in [3.05, 3.63) is 107 Å². The van der Waals surface area contributed by atoms with Crippen LogP contribution in [0.2, 0.25) is 18.6 Å². The van der Waals surface area contributed by atoms with Crippen molar-refractivity contribution < 1.29 is 28.3 Å². The fourth-order valence-corrected chi connectivity index (χ4v) is 10.2. The molecule has 47 heavy (non-hydrogen) atoms. The average molecular weight is 656 g/mol. The molecule has 2 saturated heterocycles. The second kappa shape index (κ2) is 12.0. The lowest BCUT2D eigenvalue weighted by Crippen LogP contribution is -2.45. The lowest BCUT2D eigenvalue weighted by atomic mass is 9.82. The molecule has 1 N–H and O–H groups in total. The number of aromatic nitrogens is 3. The SMILES string of the molecule is C[C@H]1[C@H]([Si](C)(C)F)[C@@H](CCn2cc([C@H](O)c3ccccc3)nn2)O[C@]12C(=O)N(Cc1ccccc1)c1ccc(N3CCOC3=O)cc12. The van der Waals surface area contributed by atoms with Crippen LogP contribution in [0.4, 0.5) is 20.3 Å². The number of nitrogens with zero attached hydrogens (tertiary/aromatic N) is 5. The van der Waals surface area contributed by atoms with Crippen LogP contribution in [0.3, 0.4) is 0 Å². The van der Waals surface area contributed by atoms with Crippen LogP contribution in [-0.4, -0.2) is 59.8 Å². The summed E-state index contributed by atoms with van der Waals surface area (Å²) in [6, 6.07) is 24.5. The summed E-state index contributed by atoms with van der Waals surface area (Å²) < 4.78 is 30.1. The first-order valence-electron chi connectivity index (χ1n) is 16.0. The number of benzene rings is 3. The predicted octanol–water partition coefficient (Wildman–Crippen LogP) is 5.73. The van der Waals surface area contributed by atoms with Gasteiger partial charge < -0.3 is 23.6 Å². The molecule has 244 valence electrons. The maximum atomic E-state index is 16.4. The molecule has 2 amide bonds. The number of halogens is 1. The fraction of sp³-hybridized carbons (Fsp3) is 0.371. The summed E-state index contributed by atoms with van der Waals surface area (Å²) in [6.45, 7) is 6.64. The molecule has 3 aliphatic heterocycles. The van der Waals surface area contributed by atoms with Crippen molar-refractivity contribution in [2.24, 2.45) is 5.92 Å². The van der Waals surface area contributed by atoms with E-state index in [-0.39, 0.29) is 12.5 Å². The van der Waals surface area contributed by atoms with Gasteiger partial charge in [0, 0.05) is 29.3 Å². The predicted molar refractivity (Wildman–Crippen MR) is 176 cm³/mol. The second-order valence-electron chi connectivity index (χ2n) is 13.1. The maximum absolute atomic E-state index is 16.4. The topological polar surface area (TPSA) is 110 Å². The van der Waals surface area contributed by atoms with Gasteiger partial charge in [0.25, 0.3) is 5.91 Å². The molecule has 3 aliphatic rings. The van der Waals surface area contributed by atoms with E-state index in [1.807, 2.05) is 85.8 Å². The van der Waals surface area contributed by atoms with Gasteiger partial charge >= 0.3 is 6.09 Å². The number of carbonyl (C=O) groups is 2. The van der Waals surface area contributed by atoms with E-state index in [0.717, 1.165) is 5.56 Å². The van der Waals surface area contributed by atoms with Crippen molar-refractivity contribution in [1.29, 1.82) is 0 Å². The highest BCUT2D eigenvalue weighted by atomic mass is 28.4. The average Bonchev–Trinajstić information content (AvgIpc) is 3.83. The zero-order chi connectivity index (χ0) is 32.9. The Morgan fingerprint density at radius 3 is 2.47 bits per heavy atom. The van der Waals surface area contributed by atoms with Crippen LogP contribution in [0.25, 0.3) is 0 Å². The minimum absolute atomic E-state index is 0.232. The number of aryl methyl sites for hydroxylation is 1. The number of aliphatic hydroxyl groups is 1. The van der Waals surface area contributed by atoms with Gasteiger partial charge in [0.05, 0.1) is 31.1 Å². The van der Waals surface area contributed by atoms with E-state index in [1.165, 1.54) is 0 Å². The Morgan fingerprint density at radius 2 is 1.79 bits per heavy atom. The van der Waals surface area contributed by atoms with E-state index in [1.54, 1.807) is 33.8 Å². The Hall–Kier alpha value is -4.39. The molecule has 0 unspecified atom stereocenters. The van der Waals surface area contributed by atoms with Gasteiger partial charge in [-0.05, 0) is 48.8 Å². The number of aliphatic hydroxyl groups excluding tert-OH is 1. The summed E-state index contributed by atoms with van der Waals surface area (Å²) in [5, 5.41) is 19.2. The highest BCUT2D eigenvalue weighted by Crippen LogP contribution is 2.60. The summed E-state index contributed by atoms with van der Waals surface area (Å²) in [4.78, 5) is 30.5. The van der Waals surface area contributed by atoms with Crippen LogP contribution in [0.5, 0.6) is 0 Å². The lowest BCUT2D eigenvalue weighted by molar-refractivity contribution is -0.146. The van der Waals surface area contributed by atoms with Gasteiger partial charge in [0.1, 0.15) is 18.4 Å². The van der Waals surface area contributed by atoms with Crippen molar-refractivity contribution in [2.75, 3.05) is 23.0 Å². The van der Waals surface area contributed by atoms with E-state index >= 15 is 4.11 Å². The van der Waals surface area contributed by atoms with Gasteiger partial charge in [-0.15, -0.1) is 5.10 Å². The van der Waals surface area contributed by atoms with E-state index in [9.17, 15) is 14.7 Å². The van der Waals surface area contributed by atoms with Crippen molar-refractivity contribution in [3.8, 4) is 0 Å². The normalized spacial score (nSPS) is 24.7. The number of fused-ring (bicyclic) bond motifs is 2. The largest absolute Gasteiger partial charge is 0.447 e. The number of ether oxygens (including phenoxy) is 2. The summed E-state index contributed by atoms with van der Waals surface area (Å²) in [7, 11) is -3.40. The highest BCUT2D eigenvalue weighted by molar-refractivity contribution is 6.72. The third-order valence-electron chi connectivity index (χ3n) is 9.79. The Bertz CT molecular complexity index is 1780. The van der Waals surface area contributed by atoms with Gasteiger partial charge in [-0.1, -0.05) is 72.8 Å². The molecule has 7 rings (SSSR count). The van der Waals surface area contributed by atoms with Gasteiger partial charge in [-0.2, -0.15) is 0 Å². The Labute approximate surface area is 273 Å². The molecule has 12 heteroatoms. The quantitative estimate of drug-likeness (QED) is 0.181. The minimum Gasteiger partial charge on any atom is -0.447 e. The molecule has 4 heterocycles. The fourth-order valence-electron chi connectivity index (χ4n) is 7.64. The summed E-state index contributed by atoms with van der Waals surface area (Å²) in [5.41, 5.74) is 2.07. The maximum Gasteiger partial charge on any atom is 0.414 e. The van der Waals surface area contributed by atoms with Crippen LogP contribution >= 0.6 is 0 Å². The molecule has 3 aromatic carbocycles. The monoisotopic (exact) mass is 655 g/mol. The number of amides is 2. The molecule has 0 bridgehead atoms. The first-order chi connectivity index (χ1) is 22.6. The number of hydrogen-bond donors (Lipinski definition) is 1. The Morgan fingerprint density at radius 1 is 1.06 bits per heavy atom. The first-order valence-corrected chi connectivity index (χ1v) is 19.0. The Balaban J connectivity index is 1.22. The molecule has 0 aliphatic carbocycles.